The lowest BCUT2D eigenvalue weighted by Crippen LogP contribution is -2.49. The molecule has 0 saturated heterocycles. The zero-order chi connectivity index (χ0) is 15.8. The highest BCUT2D eigenvalue weighted by atomic mass is 17.3. The third-order valence-corrected chi connectivity index (χ3v) is 2.04. The molecule has 0 aliphatic rings. The van der Waals surface area contributed by atoms with Crippen LogP contribution < -0.4 is 0 Å². The average Bonchev–Trinajstić information content (AvgIpc) is 2.41. The van der Waals surface area contributed by atoms with Crippen molar-refractivity contribution in [3.05, 3.63) is 0 Å². The molecule has 12 nitrogen and oxygen atoms in total. The van der Waals surface area contributed by atoms with Crippen molar-refractivity contribution in [2.45, 2.75) is 37.6 Å². The molecule has 0 spiro atoms. The molecule has 0 radical (unpaired) electrons. The summed E-state index contributed by atoms with van der Waals surface area (Å²) in [5.41, 5.74) is 0. The Labute approximate surface area is 111 Å². The van der Waals surface area contributed by atoms with Gasteiger partial charge in [-0.1, -0.05) is 0 Å². The van der Waals surface area contributed by atoms with Gasteiger partial charge in [-0.25, -0.2) is 15.8 Å². The van der Waals surface area contributed by atoms with E-state index in [0.29, 0.717) is 0 Å². The van der Waals surface area contributed by atoms with Crippen LogP contribution in [0.25, 0.3) is 0 Å². The highest BCUT2D eigenvalue weighted by Crippen LogP contribution is 2.29. The van der Waals surface area contributed by atoms with Crippen molar-refractivity contribution in [2.75, 3.05) is 0 Å². The van der Waals surface area contributed by atoms with Gasteiger partial charge < -0.3 is 15.3 Å². The quantitative estimate of drug-likeness (QED) is 0.163. The van der Waals surface area contributed by atoms with Gasteiger partial charge in [0.05, 0.1) is 12.8 Å². The SMILES string of the molecule is O=C(O)CCC(O)(OO)OC(CCC(=O)O)(OO)OO. The lowest BCUT2D eigenvalue weighted by molar-refractivity contribution is -0.625. The van der Waals surface area contributed by atoms with Crippen LogP contribution in [0.1, 0.15) is 25.7 Å². The van der Waals surface area contributed by atoms with E-state index in [1.165, 1.54) is 0 Å². The molecule has 12 heteroatoms. The highest BCUT2D eigenvalue weighted by molar-refractivity contribution is 5.67. The second-order valence-corrected chi connectivity index (χ2v) is 3.56. The predicted octanol–water partition coefficient (Wildman–Crippen LogP) is -0.499. The molecule has 1 atom stereocenters. The molecule has 0 amide bonds. The fraction of sp³-hybridized carbons (Fsp3) is 0.750. The van der Waals surface area contributed by atoms with Gasteiger partial charge in [0.25, 0.3) is 0 Å². The number of carboxylic acid groups (broad SMARTS) is 2. The molecule has 0 aromatic carbocycles. The normalized spacial score (nSPS) is 14.8. The zero-order valence-corrected chi connectivity index (χ0v) is 9.96. The highest BCUT2D eigenvalue weighted by Gasteiger charge is 2.46. The summed E-state index contributed by atoms with van der Waals surface area (Å²) in [7, 11) is 0. The first-order valence-corrected chi connectivity index (χ1v) is 5.06. The van der Waals surface area contributed by atoms with Gasteiger partial charge in [0.1, 0.15) is 0 Å². The van der Waals surface area contributed by atoms with Crippen LogP contribution in [-0.2, 0) is 29.0 Å². The summed E-state index contributed by atoms with van der Waals surface area (Å²) in [5, 5.41) is 52.0. The smallest absolute Gasteiger partial charge is 0.343 e. The van der Waals surface area contributed by atoms with E-state index in [1.807, 2.05) is 0 Å². The van der Waals surface area contributed by atoms with Crippen LogP contribution in [0, 0.1) is 0 Å². The van der Waals surface area contributed by atoms with Crippen LogP contribution in [0.2, 0.25) is 0 Å². The van der Waals surface area contributed by atoms with Gasteiger partial charge in [0.15, 0.2) is 0 Å². The number of carbonyl (C=O) groups is 2. The predicted molar refractivity (Wildman–Crippen MR) is 53.6 cm³/mol. The zero-order valence-electron chi connectivity index (χ0n) is 9.96. The molecule has 0 aromatic heterocycles. The van der Waals surface area contributed by atoms with Crippen LogP contribution in [0.5, 0.6) is 0 Å². The first-order valence-electron chi connectivity index (χ1n) is 5.06. The molecular weight excluding hydrogens is 288 g/mol. The van der Waals surface area contributed by atoms with Crippen LogP contribution in [0.3, 0.4) is 0 Å². The van der Waals surface area contributed by atoms with Crippen molar-refractivity contribution in [3.8, 4) is 0 Å². The minimum absolute atomic E-state index is 0.747. The van der Waals surface area contributed by atoms with Crippen molar-refractivity contribution in [3.63, 3.8) is 0 Å². The number of aliphatic carboxylic acids is 2. The van der Waals surface area contributed by atoms with Crippen LogP contribution in [0.15, 0.2) is 0 Å². The molecule has 118 valence electrons. The van der Waals surface area contributed by atoms with Crippen molar-refractivity contribution in [1.29, 1.82) is 0 Å². The Kier molecular flexibility index (Phi) is 7.48. The van der Waals surface area contributed by atoms with Gasteiger partial charge in [0.2, 0.25) is 0 Å². The minimum Gasteiger partial charge on any atom is -0.481 e. The number of rotatable bonds is 11. The summed E-state index contributed by atoms with van der Waals surface area (Å²) in [6.07, 6.45) is -3.20. The molecule has 0 fully saturated rings. The molecule has 0 aromatic rings. The van der Waals surface area contributed by atoms with Crippen molar-refractivity contribution < 1.29 is 60.1 Å². The lowest BCUT2D eigenvalue weighted by Gasteiger charge is -2.33. The standard InChI is InChI=1S/C8H14O12/c9-5(10)1-3-7(13,18-14)17-8(19-15,20-16)4-2-6(11)12/h13-16H,1-4H2,(H,9,10)(H,11,12). The monoisotopic (exact) mass is 302 g/mol. The molecule has 0 aliphatic heterocycles. The third kappa shape index (κ3) is 6.18. The number of ether oxygens (including phenoxy) is 1. The van der Waals surface area contributed by atoms with E-state index in [1.54, 1.807) is 0 Å². The number of carboxylic acids is 2. The van der Waals surface area contributed by atoms with Crippen molar-refractivity contribution >= 4 is 11.9 Å². The van der Waals surface area contributed by atoms with E-state index in [9.17, 15) is 14.7 Å². The van der Waals surface area contributed by atoms with Crippen LogP contribution >= 0.6 is 0 Å². The first kappa shape index (κ1) is 18.6. The Balaban J connectivity index is 4.89. The molecule has 0 heterocycles. The lowest BCUT2D eigenvalue weighted by atomic mass is 10.2. The topological polar surface area (TPSA) is 192 Å². The van der Waals surface area contributed by atoms with Gasteiger partial charge in [0, 0.05) is 12.8 Å². The Morgan fingerprint density at radius 2 is 1.30 bits per heavy atom. The summed E-state index contributed by atoms with van der Waals surface area (Å²) < 4.78 is 4.39. The Hall–Kier alpha value is -1.38. The van der Waals surface area contributed by atoms with E-state index < -0.39 is 49.6 Å². The maximum Gasteiger partial charge on any atom is 0.343 e. The second-order valence-electron chi connectivity index (χ2n) is 3.56. The molecule has 6 N–H and O–H groups in total. The largest absolute Gasteiger partial charge is 0.481 e. The van der Waals surface area contributed by atoms with E-state index >= 15 is 0 Å². The van der Waals surface area contributed by atoms with Crippen LogP contribution in [0.4, 0.5) is 0 Å². The molecule has 20 heavy (non-hydrogen) atoms. The summed E-state index contributed by atoms with van der Waals surface area (Å²) >= 11 is 0. The van der Waals surface area contributed by atoms with Crippen LogP contribution in [-0.4, -0.2) is 55.0 Å². The summed E-state index contributed by atoms with van der Waals surface area (Å²) in [5.74, 6) is -8.74. The molecule has 0 saturated carbocycles. The Morgan fingerprint density at radius 3 is 1.65 bits per heavy atom. The van der Waals surface area contributed by atoms with Gasteiger partial charge in [-0.2, -0.15) is 14.7 Å². The third-order valence-electron chi connectivity index (χ3n) is 2.04. The molecule has 0 rings (SSSR count). The first-order chi connectivity index (χ1) is 9.22. The molecule has 1 unspecified atom stereocenters. The Morgan fingerprint density at radius 1 is 0.850 bits per heavy atom. The maximum atomic E-state index is 10.4. The number of hydrogen-bond acceptors (Lipinski definition) is 10. The molecule has 0 bridgehead atoms. The van der Waals surface area contributed by atoms with Gasteiger partial charge in [-0.05, 0) is 0 Å². The van der Waals surface area contributed by atoms with E-state index in [-0.39, 0.29) is 0 Å². The minimum atomic E-state index is -3.04. The summed E-state index contributed by atoms with van der Waals surface area (Å²) in [6, 6.07) is 0. The van der Waals surface area contributed by atoms with E-state index in [0.717, 1.165) is 0 Å². The summed E-state index contributed by atoms with van der Waals surface area (Å²) in [6.45, 7) is 0. The maximum absolute atomic E-state index is 10.4. The van der Waals surface area contributed by atoms with E-state index in [4.69, 9.17) is 26.0 Å². The van der Waals surface area contributed by atoms with Crippen molar-refractivity contribution in [2.24, 2.45) is 0 Å². The molecule has 0 aliphatic carbocycles. The fourth-order valence-corrected chi connectivity index (χ4v) is 1.08. The fourth-order valence-electron chi connectivity index (χ4n) is 1.08. The molecular formula is C8H14O12. The Bertz CT molecular complexity index is 325. The van der Waals surface area contributed by atoms with Gasteiger partial charge in [-0.3, -0.25) is 14.3 Å². The summed E-state index contributed by atoms with van der Waals surface area (Å²) in [4.78, 5) is 31.4. The average molecular weight is 302 g/mol. The van der Waals surface area contributed by atoms with E-state index in [2.05, 4.69) is 19.4 Å². The number of hydrogen-bond donors (Lipinski definition) is 6. The number of aliphatic hydroxyl groups is 1. The van der Waals surface area contributed by atoms with Crippen molar-refractivity contribution in [1.82, 2.24) is 0 Å². The second kappa shape index (κ2) is 8.03. The van der Waals surface area contributed by atoms with Gasteiger partial charge in [-0.15, -0.1) is 0 Å². The van der Waals surface area contributed by atoms with Gasteiger partial charge >= 0.3 is 23.9 Å².